The van der Waals surface area contributed by atoms with Gasteiger partial charge in [-0.1, -0.05) is 28.9 Å². The Kier molecular flexibility index (Phi) is 7.41. The molecule has 1 heterocycles. The molecule has 0 unspecified atom stereocenters. The number of aliphatic imine (C=N–C) groups is 1. The second-order valence-corrected chi connectivity index (χ2v) is 6.79. The van der Waals surface area contributed by atoms with Gasteiger partial charge in [0.2, 0.25) is 11.7 Å². The highest BCUT2D eigenvalue weighted by Crippen LogP contribution is 2.19. The summed E-state index contributed by atoms with van der Waals surface area (Å²) in [5, 5.41) is 11.1. The van der Waals surface area contributed by atoms with Gasteiger partial charge in [-0.2, -0.15) is 4.98 Å². The van der Waals surface area contributed by atoms with Crippen molar-refractivity contribution >= 4 is 17.6 Å². The molecule has 2 aromatic rings. The summed E-state index contributed by atoms with van der Waals surface area (Å²) >= 11 is 6.00. The fourth-order valence-corrected chi connectivity index (χ4v) is 2.26. The van der Waals surface area contributed by atoms with Crippen LogP contribution in [-0.4, -0.2) is 48.4 Å². The zero-order valence-electron chi connectivity index (χ0n) is 15.7. The molecule has 26 heavy (non-hydrogen) atoms. The number of halogens is 1. The van der Waals surface area contributed by atoms with E-state index in [1.54, 1.807) is 7.11 Å². The van der Waals surface area contributed by atoms with E-state index < -0.39 is 0 Å². The van der Waals surface area contributed by atoms with Gasteiger partial charge in [-0.3, -0.25) is 4.99 Å². The molecule has 0 bridgehead atoms. The van der Waals surface area contributed by atoms with Crippen LogP contribution in [0.4, 0.5) is 0 Å². The quantitative estimate of drug-likeness (QED) is 0.542. The first-order valence-electron chi connectivity index (χ1n) is 8.59. The molecule has 0 saturated heterocycles. The molecule has 142 valence electrons. The van der Waals surface area contributed by atoms with E-state index >= 15 is 0 Å². The second kappa shape index (κ2) is 9.54. The van der Waals surface area contributed by atoms with Crippen molar-refractivity contribution in [3.05, 3.63) is 35.2 Å². The number of ether oxygens (including phenoxy) is 1. The van der Waals surface area contributed by atoms with Crippen molar-refractivity contribution in [2.75, 3.05) is 26.7 Å². The number of rotatable bonds is 8. The fraction of sp³-hybridized carbons (Fsp3) is 0.500. The van der Waals surface area contributed by atoms with E-state index in [-0.39, 0.29) is 5.60 Å². The first-order chi connectivity index (χ1) is 12.4. The van der Waals surface area contributed by atoms with Crippen molar-refractivity contribution < 1.29 is 9.26 Å². The number of aromatic nitrogens is 2. The standard InChI is InChI=1S/C18H26ClN5O2/c1-5-20-17(22-12-18(2,3)25-4)21-10-9-15-23-16(24-26-15)13-7-6-8-14(19)11-13/h6-8,11H,5,9-10,12H2,1-4H3,(H2,20,21,22). The molecule has 0 amide bonds. The van der Waals surface area contributed by atoms with Crippen LogP contribution in [-0.2, 0) is 11.2 Å². The Hall–Kier alpha value is -2.12. The highest BCUT2D eigenvalue weighted by Gasteiger charge is 2.16. The number of methoxy groups -OCH3 is 1. The van der Waals surface area contributed by atoms with Crippen molar-refractivity contribution in [3.8, 4) is 11.4 Å². The summed E-state index contributed by atoms with van der Waals surface area (Å²) in [5.41, 5.74) is 0.526. The van der Waals surface area contributed by atoms with Crippen LogP contribution in [0.2, 0.25) is 5.02 Å². The molecule has 0 spiro atoms. The average Bonchev–Trinajstić information content (AvgIpc) is 3.09. The number of hydrogen-bond acceptors (Lipinski definition) is 5. The predicted molar refractivity (Wildman–Crippen MR) is 104 cm³/mol. The van der Waals surface area contributed by atoms with E-state index in [1.807, 2.05) is 45.0 Å². The zero-order valence-corrected chi connectivity index (χ0v) is 16.4. The van der Waals surface area contributed by atoms with Gasteiger partial charge in [-0.15, -0.1) is 0 Å². The summed E-state index contributed by atoms with van der Waals surface area (Å²) in [6.45, 7) is 7.97. The predicted octanol–water partition coefficient (Wildman–Crippen LogP) is 2.91. The van der Waals surface area contributed by atoms with Gasteiger partial charge in [0.25, 0.3) is 0 Å². The van der Waals surface area contributed by atoms with E-state index in [4.69, 9.17) is 20.9 Å². The van der Waals surface area contributed by atoms with Crippen molar-refractivity contribution in [1.82, 2.24) is 20.8 Å². The zero-order chi connectivity index (χ0) is 19.0. The van der Waals surface area contributed by atoms with E-state index in [9.17, 15) is 0 Å². The molecule has 0 aliphatic rings. The molecule has 2 rings (SSSR count). The Bertz CT molecular complexity index is 730. The monoisotopic (exact) mass is 379 g/mol. The van der Waals surface area contributed by atoms with E-state index in [0.717, 1.165) is 18.1 Å². The lowest BCUT2D eigenvalue weighted by Gasteiger charge is -2.21. The van der Waals surface area contributed by atoms with Gasteiger partial charge in [-0.25, -0.2) is 0 Å². The van der Waals surface area contributed by atoms with Crippen LogP contribution in [0.1, 0.15) is 26.7 Å². The minimum absolute atomic E-state index is 0.305. The summed E-state index contributed by atoms with van der Waals surface area (Å²) in [7, 11) is 1.68. The minimum Gasteiger partial charge on any atom is -0.377 e. The highest BCUT2D eigenvalue weighted by atomic mass is 35.5. The molecular weight excluding hydrogens is 354 g/mol. The van der Waals surface area contributed by atoms with Crippen molar-refractivity contribution in [2.24, 2.45) is 4.99 Å². The van der Waals surface area contributed by atoms with Gasteiger partial charge in [-0.05, 0) is 32.9 Å². The molecule has 1 aromatic heterocycles. The number of guanidine groups is 1. The fourth-order valence-electron chi connectivity index (χ4n) is 2.06. The maximum absolute atomic E-state index is 6.00. The Morgan fingerprint density at radius 2 is 2.15 bits per heavy atom. The molecule has 0 fully saturated rings. The molecule has 0 atom stereocenters. The van der Waals surface area contributed by atoms with Crippen LogP contribution in [0, 0.1) is 0 Å². The molecule has 0 aliphatic heterocycles. The molecule has 2 N–H and O–H groups in total. The molecule has 1 aromatic carbocycles. The molecule has 0 radical (unpaired) electrons. The van der Waals surface area contributed by atoms with E-state index in [2.05, 4.69) is 25.8 Å². The van der Waals surface area contributed by atoms with Gasteiger partial charge in [0.05, 0.1) is 12.1 Å². The largest absolute Gasteiger partial charge is 0.377 e. The van der Waals surface area contributed by atoms with Crippen LogP contribution < -0.4 is 10.6 Å². The lowest BCUT2D eigenvalue weighted by molar-refractivity contribution is 0.0310. The third-order valence-electron chi connectivity index (χ3n) is 3.70. The van der Waals surface area contributed by atoms with Crippen LogP contribution >= 0.6 is 11.6 Å². The summed E-state index contributed by atoms with van der Waals surface area (Å²) in [6, 6.07) is 7.37. The highest BCUT2D eigenvalue weighted by molar-refractivity contribution is 6.30. The maximum atomic E-state index is 6.00. The Labute approximate surface area is 159 Å². The topological polar surface area (TPSA) is 84.6 Å². The van der Waals surface area contributed by atoms with Crippen molar-refractivity contribution in [2.45, 2.75) is 32.8 Å². The van der Waals surface area contributed by atoms with Gasteiger partial charge in [0.1, 0.15) is 0 Å². The average molecular weight is 380 g/mol. The summed E-state index contributed by atoms with van der Waals surface area (Å²) in [4.78, 5) is 8.94. The summed E-state index contributed by atoms with van der Waals surface area (Å²) in [6.07, 6.45) is 0.589. The van der Waals surface area contributed by atoms with E-state index in [1.165, 1.54) is 0 Å². The smallest absolute Gasteiger partial charge is 0.228 e. The Morgan fingerprint density at radius 1 is 1.35 bits per heavy atom. The normalized spacial score (nSPS) is 12.3. The first-order valence-corrected chi connectivity index (χ1v) is 8.97. The van der Waals surface area contributed by atoms with Gasteiger partial charge in [0.15, 0.2) is 5.96 Å². The molecular formula is C18H26ClN5O2. The SMILES string of the molecule is CCNC(=NCC(C)(C)OC)NCCc1nc(-c2cccc(Cl)c2)no1. The number of benzene rings is 1. The third-order valence-corrected chi connectivity index (χ3v) is 3.93. The van der Waals surface area contributed by atoms with Crippen LogP contribution in [0.25, 0.3) is 11.4 Å². The summed E-state index contributed by atoms with van der Waals surface area (Å²) in [5.74, 6) is 1.82. The number of nitrogens with one attached hydrogen (secondary N) is 2. The Morgan fingerprint density at radius 3 is 2.85 bits per heavy atom. The molecule has 7 nitrogen and oxygen atoms in total. The van der Waals surface area contributed by atoms with Gasteiger partial charge >= 0.3 is 0 Å². The number of nitrogens with zero attached hydrogens (tertiary/aromatic N) is 3. The van der Waals surface area contributed by atoms with Crippen LogP contribution in [0.15, 0.2) is 33.8 Å². The Balaban J connectivity index is 1.90. The van der Waals surface area contributed by atoms with Gasteiger partial charge < -0.3 is 19.9 Å². The van der Waals surface area contributed by atoms with E-state index in [0.29, 0.717) is 36.2 Å². The van der Waals surface area contributed by atoms with Crippen LogP contribution in [0.3, 0.4) is 0 Å². The lowest BCUT2D eigenvalue weighted by Crippen LogP contribution is -2.40. The summed E-state index contributed by atoms with van der Waals surface area (Å²) < 4.78 is 10.7. The molecule has 8 heteroatoms. The van der Waals surface area contributed by atoms with Crippen molar-refractivity contribution in [1.29, 1.82) is 0 Å². The molecule has 0 aliphatic carbocycles. The minimum atomic E-state index is -0.305. The second-order valence-electron chi connectivity index (χ2n) is 6.36. The maximum Gasteiger partial charge on any atom is 0.228 e. The van der Waals surface area contributed by atoms with Gasteiger partial charge in [0, 0.05) is 37.2 Å². The molecule has 0 saturated carbocycles. The third kappa shape index (κ3) is 6.31. The lowest BCUT2D eigenvalue weighted by atomic mass is 10.1. The van der Waals surface area contributed by atoms with Crippen LogP contribution in [0.5, 0.6) is 0 Å². The van der Waals surface area contributed by atoms with Crippen molar-refractivity contribution in [3.63, 3.8) is 0 Å². The number of hydrogen-bond donors (Lipinski definition) is 2. The first kappa shape index (κ1) is 20.2.